The van der Waals surface area contributed by atoms with Crippen LogP contribution in [0.2, 0.25) is 5.02 Å². The van der Waals surface area contributed by atoms with Crippen molar-refractivity contribution in [1.29, 1.82) is 0 Å². The Bertz CT molecular complexity index is 1620. The topological polar surface area (TPSA) is 96.0 Å². The second kappa shape index (κ2) is 15.4. The first-order valence-corrected chi connectivity index (χ1v) is 16.5. The average Bonchev–Trinajstić information content (AvgIpc) is 3.02. The number of rotatable bonds is 14. The van der Waals surface area contributed by atoms with E-state index < -0.39 is 28.5 Å². The molecule has 4 aromatic carbocycles. The SMILES string of the molecule is CCCNC(=O)[C@@H](Cc1ccccc1)N(Cc1ccc(Cl)cc1)C(=O)CN(c1ccc(Oc2ccccc2)cc1)S(C)(=O)=O. The summed E-state index contributed by atoms with van der Waals surface area (Å²) in [7, 11) is -3.89. The quantitative estimate of drug-likeness (QED) is 0.182. The van der Waals surface area contributed by atoms with Gasteiger partial charge in [-0.1, -0.05) is 79.2 Å². The number of para-hydroxylation sites is 1. The molecule has 0 saturated heterocycles. The Morgan fingerprint density at radius 3 is 2.00 bits per heavy atom. The number of nitrogens with one attached hydrogen (secondary N) is 1. The summed E-state index contributed by atoms with van der Waals surface area (Å²) in [5, 5.41) is 3.46. The van der Waals surface area contributed by atoms with Crippen LogP contribution < -0.4 is 14.4 Å². The van der Waals surface area contributed by atoms with Gasteiger partial charge in [-0.25, -0.2) is 8.42 Å². The fourth-order valence-electron chi connectivity index (χ4n) is 4.63. The van der Waals surface area contributed by atoms with Crippen LogP contribution in [0.25, 0.3) is 0 Å². The van der Waals surface area contributed by atoms with Gasteiger partial charge < -0.3 is 15.0 Å². The van der Waals surface area contributed by atoms with Gasteiger partial charge in [0, 0.05) is 24.5 Å². The number of hydrogen-bond donors (Lipinski definition) is 1. The number of carbonyl (C=O) groups is 2. The smallest absolute Gasteiger partial charge is 0.244 e. The summed E-state index contributed by atoms with van der Waals surface area (Å²) >= 11 is 6.10. The summed E-state index contributed by atoms with van der Waals surface area (Å²) in [6.07, 6.45) is 2.02. The van der Waals surface area contributed by atoms with Crippen LogP contribution in [0, 0.1) is 0 Å². The molecule has 2 amide bonds. The van der Waals surface area contributed by atoms with Crippen LogP contribution in [0.4, 0.5) is 5.69 Å². The summed E-state index contributed by atoms with van der Waals surface area (Å²) in [4.78, 5) is 29.2. The minimum atomic E-state index is -3.89. The maximum absolute atomic E-state index is 14.2. The predicted molar refractivity (Wildman–Crippen MR) is 174 cm³/mol. The number of nitrogens with zero attached hydrogens (tertiary/aromatic N) is 2. The van der Waals surface area contributed by atoms with E-state index >= 15 is 0 Å². The van der Waals surface area contributed by atoms with Crippen LogP contribution in [0.15, 0.2) is 109 Å². The van der Waals surface area contributed by atoms with Gasteiger partial charge in [0.2, 0.25) is 21.8 Å². The number of carbonyl (C=O) groups excluding carboxylic acids is 2. The van der Waals surface area contributed by atoms with Crippen molar-refractivity contribution in [2.75, 3.05) is 23.7 Å². The highest BCUT2D eigenvalue weighted by Gasteiger charge is 2.33. The van der Waals surface area contributed by atoms with Crippen LogP contribution in [-0.2, 0) is 32.6 Å². The summed E-state index contributed by atoms with van der Waals surface area (Å²) in [5.74, 6) is 0.313. The van der Waals surface area contributed by atoms with E-state index in [0.29, 0.717) is 28.8 Å². The molecule has 0 spiro atoms. The highest BCUT2D eigenvalue weighted by molar-refractivity contribution is 7.92. The van der Waals surface area contributed by atoms with E-state index in [1.165, 1.54) is 4.90 Å². The predicted octanol–water partition coefficient (Wildman–Crippen LogP) is 6.06. The Balaban J connectivity index is 1.66. The molecule has 4 aromatic rings. The van der Waals surface area contributed by atoms with Crippen LogP contribution in [0.1, 0.15) is 24.5 Å². The Morgan fingerprint density at radius 1 is 0.818 bits per heavy atom. The van der Waals surface area contributed by atoms with E-state index in [2.05, 4.69) is 5.32 Å². The van der Waals surface area contributed by atoms with E-state index in [-0.39, 0.29) is 18.9 Å². The zero-order valence-electron chi connectivity index (χ0n) is 24.7. The normalized spacial score (nSPS) is 11.8. The summed E-state index contributed by atoms with van der Waals surface area (Å²) in [6.45, 7) is 1.97. The first-order chi connectivity index (χ1) is 21.1. The molecule has 0 aliphatic carbocycles. The standard InChI is InChI=1S/C34H36ClN3O5S/c1-3-22-36-34(40)32(23-26-10-6-4-7-11-26)37(24-27-14-16-28(35)17-15-27)33(39)25-38(44(2,41)42)29-18-20-31(21-19-29)43-30-12-8-5-9-13-30/h4-21,32H,3,22-25H2,1-2H3,(H,36,40)/t32-/m1/s1. The molecule has 0 aromatic heterocycles. The zero-order chi connectivity index (χ0) is 31.5. The largest absolute Gasteiger partial charge is 0.457 e. The van der Waals surface area contributed by atoms with E-state index in [9.17, 15) is 18.0 Å². The van der Waals surface area contributed by atoms with Crippen molar-refractivity contribution in [2.45, 2.75) is 32.4 Å². The fraction of sp³-hybridized carbons (Fsp3) is 0.235. The van der Waals surface area contributed by atoms with Crippen LogP contribution in [0.5, 0.6) is 11.5 Å². The fourth-order valence-corrected chi connectivity index (χ4v) is 5.60. The van der Waals surface area contributed by atoms with Gasteiger partial charge in [-0.3, -0.25) is 13.9 Å². The van der Waals surface area contributed by atoms with Gasteiger partial charge in [0.25, 0.3) is 0 Å². The molecule has 10 heteroatoms. The van der Waals surface area contributed by atoms with Crippen LogP contribution >= 0.6 is 11.6 Å². The van der Waals surface area contributed by atoms with E-state index in [4.69, 9.17) is 16.3 Å². The Kier molecular flexibility index (Phi) is 11.4. The lowest BCUT2D eigenvalue weighted by atomic mass is 10.0. The molecule has 1 N–H and O–H groups in total. The first-order valence-electron chi connectivity index (χ1n) is 14.3. The van der Waals surface area contributed by atoms with Crippen molar-refractivity contribution in [3.8, 4) is 11.5 Å². The molecule has 0 unspecified atom stereocenters. The highest BCUT2D eigenvalue weighted by Crippen LogP contribution is 2.26. The van der Waals surface area contributed by atoms with Crippen LogP contribution in [-0.4, -0.2) is 50.5 Å². The molecule has 0 bridgehead atoms. The number of benzene rings is 4. The first kappa shape index (κ1) is 32.6. The number of anilines is 1. The average molecular weight is 634 g/mol. The third-order valence-electron chi connectivity index (χ3n) is 6.87. The van der Waals surface area contributed by atoms with Gasteiger partial charge in [0.05, 0.1) is 11.9 Å². The van der Waals surface area contributed by atoms with Gasteiger partial charge in [0.1, 0.15) is 24.1 Å². The highest BCUT2D eigenvalue weighted by atomic mass is 35.5. The molecule has 44 heavy (non-hydrogen) atoms. The molecule has 0 radical (unpaired) electrons. The molecule has 0 aliphatic heterocycles. The lowest BCUT2D eigenvalue weighted by Crippen LogP contribution is -2.53. The summed E-state index contributed by atoms with van der Waals surface area (Å²) in [6, 6.07) is 31.2. The van der Waals surface area contributed by atoms with E-state index in [1.54, 1.807) is 48.5 Å². The maximum atomic E-state index is 14.2. The second-order valence-electron chi connectivity index (χ2n) is 10.3. The summed E-state index contributed by atoms with van der Waals surface area (Å²) < 4.78 is 32.9. The van der Waals surface area contributed by atoms with Crippen molar-refractivity contribution in [3.05, 3.63) is 125 Å². The number of halogens is 1. The molecular formula is C34H36ClN3O5S. The molecule has 0 heterocycles. The lowest BCUT2D eigenvalue weighted by molar-refractivity contribution is -0.140. The summed E-state index contributed by atoms with van der Waals surface area (Å²) in [5.41, 5.74) is 1.91. The minimum Gasteiger partial charge on any atom is -0.457 e. The number of amides is 2. The third kappa shape index (κ3) is 9.33. The van der Waals surface area contributed by atoms with Crippen molar-refractivity contribution < 1.29 is 22.7 Å². The molecule has 230 valence electrons. The van der Waals surface area contributed by atoms with Crippen LogP contribution in [0.3, 0.4) is 0 Å². The molecule has 4 rings (SSSR count). The van der Waals surface area contributed by atoms with E-state index in [0.717, 1.165) is 28.1 Å². The van der Waals surface area contributed by atoms with Crippen molar-refractivity contribution in [2.24, 2.45) is 0 Å². The molecule has 0 aliphatic rings. The minimum absolute atomic E-state index is 0.0779. The maximum Gasteiger partial charge on any atom is 0.244 e. The van der Waals surface area contributed by atoms with Gasteiger partial charge in [0.15, 0.2) is 0 Å². The number of ether oxygens (including phenoxy) is 1. The van der Waals surface area contributed by atoms with Crippen molar-refractivity contribution >= 4 is 39.1 Å². The van der Waals surface area contributed by atoms with Gasteiger partial charge in [-0.05, 0) is 66.1 Å². The lowest BCUT2D eigenvalue weighted by Gasteiger charge is -2.33. The Hall–Kier alpha value is -4.34. The second-order valence-corrected chi connectivity index (χ2v) is 12.7. The van der Waals surface area contributed by atoms with Gasteiger partial charge in [-0.2, -0.15) is 0 Å². The number of sulfonamides is 1. The molecule has 0 saturated carbocycles. The molecular weight excluding hydrogens is 598 g/mol. The van der Waals surface area contributed by atoms with Crippen molar-refractivity contribution in [1.82, 2.24) is 10.2 Å². The Labute approximate surface area is 264 Å². The van der Waals surface area contributed by atoms with E-state index in [1.807, 2.05) is 67.6 Å². The molecule has 0 fully saturated rings. The zero-order valence-corrected chi connectivity index (χ0v) is 26.3. The third-order valence-corrected chi connectivity index (χ3v) is 8.26. The van der Waals surface area contributed by atoms with Gasteiger partial charge in [-0.15, -0.1) is 0 Å². The van der Waals surface area contributed by atoms with Gasteiger partial charge >= 0.3 is 0 Å². The molecule has 1 atom stereocenters. The Morgan fingerprint density at radius 2 is 1.41 bits per heavy atom. The number of hydrogen-bond acceptors (Lipinski definition) is 5. The molecule has 8 nitrogen and oxygen atoms in total. The monoisotopic (exact) mass is 633 g/mol. The van der Waals surface area contributed by atoms with Crippen molar-refractivity contribution in [3.63, 3.8) is 0 Å².